The molecule has 1 saturated heterocycles. The fourth-order valence-corrected chi connectivity index (χ4v) is 2.03. The van der Waals surface area contributed by atoms with Gasteiger partial charge in [0, 0.05) is 12.1 Å². The molecule has 0 amide bonds. The highest BCUT2D eigenvalue weighted by Gasteiger charge is 2.24. The molecular formula is C15H35N. The summed E-state index contributed by atoms with van der Waals surface area (Å²) < 4.78 is 0. The Morgan fingerprint density at radius 1 is 0.875 bits per heavy atom. The van der Waals surface area contributed by atoms with Crippen LogP contribution in [0.25, 0.3) is 0 Å². The van der Waals surface area contributed by atoms with E-state index >= 15 is 0 Å². The van der Waals surface area contributed by atoms with E-state index in [1.807, 2.05) is 13.8 Å². The summed E-state index contributed by atoms with van der Waals surface area (Å²) in [5.74, 6) is 0.932. The number of hydrogen-bond donors (Lipinski definition) is 0. The summed E-state index contributed by atoms with van der Waals surface area (Å²) in [7, 11) is 2.24. The summed E-state index contributed by atoms with van der Waals surface area (Å²) in [6, 6.07) is 1.58. The van der Waals surface area contributed by atoms with Crippen molar-refractivity contribution in [2.24, 2.45) is 5.92 Å². The SMILES string of the molecule is CC.CC1C[C@H](C)N(C)[C@@H](C)C1.CCCC. The molecule has 0 bridgehead atoms. The van der Waals surface area contributed by atoms with Gasteiger partial charge in [-0.15, -0.1) is 0 Å². The molecule has 0 aromatic carbocycles. The van der Waals surface area contributed by atoms with Crippen molar-refractivity contribution < 1.29 is 0 Å². The van der Waals surface area contributed by atoms with Gasteiger partial charge in [0.1, 0.15) is 0 Å². The first-order valence-electron chi connectivity index (χ1n) is 7.24. The summed E-state index contributed by atoms with van der Waals surface area (Å²) in [4.78, 5) is 2.49. The second-order valence-corrected chi connectivity index (χ2v) is 4.94. The third kappa shape index (κ3) is 8.15. The lowest BCUT2D eigenvalue weighted by Gasteiger charge is -2.39. The Morgan fingerprint density at radius 2 is 1.19 bits per heavy atom. The molecule has 0 spiro atoms. The lowest BCUT2D eigenvalue weighted by atomic mass is 9.89. The first-order chi connectivity index (χ1) is 7.52. The predicted octanol–water partition coefficient (Wildman–Crippen LogP) is 4.96. The number of unbranched alkanes of at least 4 members (excludes halogenated alkanes) is 1. The highest BCUT2D eigenvalue weighted by atomic mass is 15.2. The van der Waals surface area contributed by atoms with E-state index in [9.17, 15) is 0 Å². The van der Waals surface area contributed by atoms with Gasteiger partial charge >= 0.3 is 0 Å². The Balaban J connectivity index is 0. The monoisotopic (exact) mass is 229 g/mol. The summed E-state index contributed by atoms with van der Waals surface area (Å²) >= 11 is 0. The van der Waals surface area contributed by atoms with Crippen LogP contribution < -0.4 is 0 Å². The van der Waals surface area contributed by atoms with Crippen LogP contribution in [0.5, 0.6) is 0 Å². The van der Waals surface area contributed by atoms with Crippen LogP contribution in [0.2, 0.25) is 0 Å². The predicted molar refractivity (Wildman–Crippen MR) is 77.0 cm³/mol. The molecule has 0 aliphatic carbocycles. The molecule has 0 saturated carbocycles. The van der Waals surface area contributed by atoms with Gasteiger partial charge < -0.3 is 4.90 Å². The van der Waals surface area contributed by atoms with Crippen LogP contribution in [0.4, 0.5) is 0 Å². The van der Waals surface area contributed by atoms with Crippen molar-refractivity contribution in [1.29, 1.82) is 0 Å². The van der Waals surface area contributed by atoms with Crippen molar-refractivity contribution in [3.8, 4) is 0 Å². The van der Waals surface area contributed by atoms with Crippen molar-refractivity contribution in [3.63, 3.8) is 0 Å². The maximum absolute atomic E-state index is 2.49. The molecule has 100 valence electrons. The summed E-state index contributed by atoms with van der Waals surface area (Å²) in [6.45, 7) is 15.4. The van der Waals surface area contributed by atoms with Crippen molar-refractivity contribution in [3.05, 3.63) is 0 Å². The van der Waals surface area contributed by atoms with Gasteiger partial charge in [-0.05, 0) is 39.7 Å². The molecule has 1 heterocycles. The Morgan fingerprint density at radius 3 is 1.44 bits per heavy atom. The summed E-state index contributed by atoms with van der Waals surface area (Å²) in [5, 5.41) is 0. The second-order valence-electron chi connectivity index (χ2n) is 4.94. The molecule has 0 N–H and O–H groups in total. The van der Waals surface area contributed by atoms with Crippen molar-refractivity contribution in [1.82, 2.24) is 4.90 Å². The Kier molecular flexibility index (Phi) is 13.1. The number of likely N-dealkylation sites (tertiary alicyclic amines) is 1. The van der Waals surface area contributed by atoms with Crippen LogP contribution in [0.15, 0.2) is 0 Å². The van der Waals surface area contributed by atoms with E-state index in [1.54, 1.807) is 0 Å². The third-order valence-corrected chi connectivity index (χ3v) is 3.38. The molecular weight excluding hydrogens is 194 g/mol. The van der Waals surface area contributed by atoms with Gasteiger partial charge in [-0.1, -0.05) is 47.5 Å². The second kappa shape index (κ2) is 11.4. The first kappa shape index (κ1) is 18.3. The van der Waals surface area contributed by atoms with Gasteiger partial charge in [-0.3, -0.25) is 0 Å². The fraction of sp³-hybridized carbons (Fsp3) is 1.00. The van der Waals surface area contributed by atoms with E-state index in [2.05, 4.69) is 46.6 Å². The first-order valence-corrected chi connectivity index (χ1v) is 7.24. The zero-order chi connectivity index (χ0) is 13.1. The smallest absolute Gasteiger partial charge is 0.00692 e. The number of nitrogens with zero attached hydrogens (tertiary/aromatic N) is 1. The Hall–Kier alpha value is -0.0400. The molecule has 2 atom stereocenters. The van der Waals surface area contributed by atoms with Crippen LogP contribution in [-0.2, 0) is 0 Å². The third-order valence-electron chi connectivity index (χ3n) is 3.38. The Bertz CT molecular complexity index is 119. The zero-order valence-corrected chi connectivity index (χ0v) is 13.0. The van der Waals surface area contributed by atoms with Gasteiger partial charge in [-0.25, -0.2) is 0 Å². The molecule has 1 aliphatic rings. The highest BCUT2D eigenvalue weighted by Crippen LogP contribution is 2.25. The molecule has 0 aromatic heterocycles. The van der Waals surface area contributed by atoms with Gasteiger partial charge in [0.25, 0.3) is 0 Å². The number of hydrogen-bond acceptors (Lipinski definition) is 1. The molecule has 1 rings (SSSR count). The lowest BCUT2D eigenvalue weighted by Crippen LogP contribution is -2.43. The topological polar surface area (TPSA) is 3.24 Å². The van der Waals surface area contributed by atoms with E-state index in [0.717, 1.165) is 18.0 Å². The molecule has 0 unspecified atom stereocenters. The van der Waals surface area contributed by atoms with E-state index in [1.165, 1.54) is 25.7 Å². The van der Waals surface area contributed by atoms with Crippen molar-refractivity contribution in [2.75, 3.05) is 7.05 Å². The molecule has 16 heavy (non-hydrogen) atoms. The van der Waals surface area contributed by atoms with Gasteiger partial charge in [-0.2, -0.15) is 0 Å². The minimum absolute atomic E-state index is 0.791. The molecule has 0 radical (unpaired) electrons. The van der Waals surface area contributed by atoms with Gasteiger partial charge in [0.15, 0.2) is 0 Å². The number of rotatable bonds is 1. The largest absolute Gasteiger partial charge is 0.301 e. The molecule has 0 aromatic rings. The van der Waals surface area contributed by atoms with Crippen LogP contribution in [0.1, 0.15) is 74.1 Å². The van der Waals surface area contributed by atoms with Crippen LogP contribution in [0.3, 0.4) is 0 Å². The van der Waals surface area contributed by atoms with Gasteiger partial charge in [0.2, 0.25) is 0 Å². The molecule has 1 heteroatoms. The standard InChI is InChI=1S/C9H19N.C4H10.C2H6/c1-7-5-8(2)10(4)9(3)6-7;1-3-4-2;1-2/h7-9H,5-6H2,1-4H3;3-4H2,1-2H3;1-2H3/t8-,9-;;/m0../s1. The zero-order valence-electron chi connectivity index (χ0n) is 13.0. The van der Waals surface area contributed by atoms with Crippen molar-refractivity contribution >= 4 is 0 Å². The maximum Gasteiger partial charge on any atom is 0.00692 e. The van der Waals surface area contributed by atoms with E-state index in [-0.39, 0.29) is 0 Å². The summed E-state index contributed by atoms with van der Waals surface area (Å²) in [5.41, 5.74) is 0. The van der Waals surface area contributed by atoms with Crippen molar-refractivity contribution in [2.45, 2.75) is 86.2 Å². The quantitative estimate of drug-likeness (QED) is 0.614. The van der Waals surface area contributed by atoms with E-state index < -0.39 is 0 Å². The Labute approximate surface area is 105 Å². The highest BCUT2D eigenvalue weighted by molar-refractivity contribution is 4.79. The molecule has 1 fully saturated rings. The van der Waals surface area contributed by atoms with Crippen LogP contribution in [0, 0.1) is 5.92 Å². The summed E-state index contributed by atoms with van der Waals surface area (Å²) in [6.07, 6.45) is 5.39. The molecule has 1 aliphatic heterocycles. The fourth-order valence-electron chi connectivity index (χ4n) is 2.03. The van der Waals surface area contributed by atoms with Crippen LogP contribution in [-0.4, -0.2) is 24.0 Å². The average Bonchev–Trinajstić information content (AvgIpc) is 2.29. The van der Waals surface area contributed by atoms with Gasteiger partial charge in [0.05, 0.1) is 0 Å². The number of piperidine rings is 1. The minimum Gasteiger partial charge on any atom is -0.301 e. The van der Waals surface area contributed by atoms with Crippen LogP contribution >= 0.6 is 0 Å². The normalized spacial score (nSPS) is 29.6. The lowest BCUT2D eigenvalue weighted by molar-refractivity contribution is 0.105. The minimum atomic E-state index is 0.791. The average molecular weight is 229 g/mol. The van der Waals surface area contributed by atoms with E-state index in [0.29, 0.717) is 0 Å². The maximum atomic E-state index is 2.49. The van der Waals surface area contributed by atoms with E-state index in [4.69, 9.17) is 0 Å². The molecule has 1 nitrogen and oxygen atoms in total.